The third-order valence-corrected chi connectivity index (χ3v) is 3.91. The van der Waals surface area contributed by atoms with Crippen LogP contribution in [0.1, 0.15) is 31.7 Å². The molecule has 7 heteroatoms. The predicted octanol–water partition coefficient (Wildman–Crippen LogP) is 1.80. The SMILES string of the molecule is CCc1nn(CC)c(CN(C)CCC(N)=NO)c1Br. The average molecular weight is 332 g/mol. The van der Waals surface area contributed by atoms with Crippen molar-refractivity contribution in [3.63, 3.8) is 0 Å². The first-order chi connectivity index (χ1) is 9.03. The first-order valence-corrected chi connectivity index (χ1v) is 7.21. The number of hydrogen-bond donors (Lipinski definition) is 2. The Morgan fingerprint density at radius 1 is 1.53 bits per heavy atom. The molecule has 3 N–H and O–H groups in total. The Balaban J connectivity index is 2.73. The van der Waals surface area contributed by atoms with Crippen LogP contribution >= 0.6 is 15.9 Å². The summed E-state index contributed by atoms with van der Waals surface area (Å²) in [6.07, 6.45) is 1.46. The summed E-state index contributed by atoms with van der Waals surface area (Å²) in [7, 11) is 2.01. The highest BCUT2D eigenvalue weighted by molar-refractivity contribution is 9.10. The zero-order chi connectivity index (χ0) is 14.4. The zero-order valence-electron chi connectivity index (χ0n) is 11.7. The third kappa shape index (κ3) is 4.21. The normalized spacial score (nSPS) is 12.4. The highest BCUT2D eigenvalue weighted by atomic mass is 79.9. The van der Waals surface area contributed by atoms with Gasteiger partial charge in [-0.3, -0.25) is 4.68 Å². The molecular formula is C12H22BrN5O. The molecular weight excluding hydrogens is 310 g/mol. The van der Waals surface area contributed by atoms with Gasteiger partial charge in [-0.05, 0) is 36.3 Å². The van der Waals surface area contributed by atoms with Crippen LogP contribution in [0.5, 0.6) is 0 Å². The molecule has 6 nitrogen and oxygen atoms in total. The molecule has 0 aliphatic rings. The van der Waals surface area contributed by atoms with Gasteiger partial charge in [0.25, 0.3) is 0 Å². The Kier molecular flexibility index (Phi) is 6.30. The van der Waals surface area contributed by atoms with Crippen molar-refractivity contribution >= 4 is 21.8 Å². The number of nitrogens with zero attached hydrogens (tertiary/aromatic N) is 4. The van der Waals surface area contributed by atoms with Crippen molar-refractivity contribution < 1.29 is 5.21 Å². The summed E-state index contributed by atoms with van der Waals surface area (Å²) in [5.41, 5.74) is 7.73. The monoisotopic (exact) mass is 331 g/mol. The zero-order valence-corrected chi connectivity index (χ0v) is 13.3. The molecule has 0 bridgehead atoms. The summed E-state index contributed by atoms with van der Waals surface area (Å²) in [6, 6.07) is 0. The fourth-order valence-electron chi connectivity index (χ4n) is 1.86. The van der Waals surface area contributed by atoms with Crippen LogP contribution in [-0.4, -0.2) is 39.3 Å². The van der Waals surface area contributed by atoms with Crippen LogP contribution in [0.25, 0.3) is 0 Å². The Labute approximate surface area is 122 Å². The molecule has 0 aliphatic heterocycles. The van der Waals surface area contributed by atoms with Gasteiger partial charge in [-0.1, -0.05) is 12.1 Å². The maximum absolute atomic E-state index is 8.52. The van der Waals surface area contributed by atoms with Gasteiger partial charge in [0.2, 0.25) is 0 Å². The average Bonchev–Trinajstić information content (AvgIpc) is 2.72. The molecule has 0 fully saturated rings. The van der Waals surface area contributed by atoms with E-state index in [2.05, 4.69) is 44.9 Å². The third-order valence-electron chi connectivity index (χ3n) is 2.99. The molecule has 108 valence electrons. The summed E-state index contributed by atoms with van der Waals surface area (Å²) >= 11 is 3.63. The van der Waals surface area contributed by atoms with Gasteiger partial charge in [0.05, 0.1) is 15.9 Å². The van der Waals surface area contributed by atoms with E-state index in [4.69, 9.17) is 10.9 Å². The molecule has 0 saturated carbocycles. The number of aromatic nitrogens is 2. The van der Waals surface area contributed by atoms with E-state index in [1.165, 1.54) is 5.69 Å². The van der Waals surface area contributed by atoms with Crippen molar-refractivity contribution in [3.8, 4) is 0 Å². The van der Waals surface area contributed by atoms with Crippen molar-refractivity contribution in [2.45, 2.75) is 39.8 Å². The van der Waals surface area contributed by atoms with E-state index >= 15 is 0 Å². The predicted molar refractivity (Wildman–Crippen MR) is 79.3 cm³/mol. The molecule has 0 spiro atoms. The standard InChI is InChI=1S/C12H22BrN5O/c1-4-9-12(13)10(18(5-2)15-9)8-17(3)7-6-11(14)16-19/h19H,4-8H2,1-3H3,(H2,14,16). The van der Waals surface area contributed by atoms with Crippen molar-refractivity contribution in [1.29, 1.82) is 0 Å². The second-order valence-electron chi connectivity index (χ2n) is 4.46. The quantitative estimate of drug-likeness (QED) is 0.345. The second kappa shape index (κ2) is 7.49. The van der Waals surface area contributed by atoms with Crippen LogP contribution < -0.4 is 5.73 Å². The summed E-state index contributed by atoms with van der Waals surface area (Å²) in [5, 5.41) is 16.1. The largest absolute Gasteiger partial charge is 0.409 e. The Morgan fingerprint density at radius 3 is 2.74 bits per heavy atom. The maximum Gasteiger partial charge on any atom is 0.140 e. The molecule has 0 unspecified atom stereocenters. The smallest absolute Gasteiger partial charge is 0.140 e. The Morgan fingerprint density at radius 2 is 2.21 bits per heavy atom. The lowest BCUT2D eigenvalue weighted by Gasteiger charge is -2.17. The lowest BCUT2D eigenvalue weighted by molar-refractivity contribution is 0.306. The second-order valence-corrected chi connectivity index (χ2v) is 5.25. The Hall–Kier alpha value is -1.08. The molecule has 0 aliphatic carbocycles. The van der Waals surface area contributed by atoms with Gasteiger partial charge in [0, 0.05) is 26.1 Å². The molecule has 0 atom stereocenters. The Bertz CT molecular complexity index is 444. The van der Waals surface area contributed by atoms with E-state index in [-0.39, 0.29) is 5.84 Å². The molecule has 1 aromatic rings. The first kappa shape index (κ1) is 16.0. The highest BCUT2D eigenvalue weighted by Crippen LogP contribution is 2.23. The lowest BCUT2D eigenvalue weighted by Crippen LogP contribution is -2.25. The summed E-state index contributed by atoms with van der Waals surface area (Å²) < 4.78 is 3.11. The van der Waals surface area contributed by atoms with Crippen molar-refractivity contribution in [2.75, 3.05) is 13.6 Å². The van der Waals surface area contributed by atoms with Crippen LogP contribution in [-0.2, 0) is 19.5 Å². The molecule has 0 amide bonds. The molecule has 1 aromatic heterocycles. The van der Waals surface area contributed by atoms with Gasteiger partial charge in [0.15, 0.2) is 0 Å². The number of oxime groups is 1. The van der Waals surface area contributed by atoms with Gasteiger partial charge in [-0.25, -0.2) is 0 Å². The first-order valence-electron chi connectivity index (χ1n) is 6.42. The molecule has 0 saturated heterocycles. The molecule has 1 heterocycles. The number of amidine groups is 1. The number of hydrogen-bond acceptors (Lipinski definition) is 4. The fourth-order valence-corrected chi connectivity index (χ4v) is 2.55. The number of nitrogens with two attached hydrogens (primary N) is 1. The van der Waals surface area contributed by atoms with E-state index in [1.54, 1.807) is 0 Å². The lowest BCUT2D eigenvalue weighted by atomic mass is 10.3. The van der Waals surface area contributed by atoms with Gasteiger partial charge < -0.3 is 15.8 Å². The molecule has 19 heavy (non-hydrogen) atoms. The topological polar surface area (TPSA) is 79.7 Å². The van der Waals surface area contributed by atoms with Gasteiger partial charge in [0.1, 0.15) is 5.84 Å². The summed E-state index contributed by atoms with van der Waals surface area (Å²) in [4.78, 5) is 2.13. The van der Waals surface area contributed by atoms with Crippen LogP contribution in [0.15, 0.2) is 9.63 Å². The van der Waals surface area contributed by atoms with Crippen LogP contribution in [0, 0.1) is 0 Å². The van der Waals surface area contributed by atoms with Gasteiger partial charge in [-0.2, -0.15) is 5.10 Å². The van der Waals surface area contributed by atoms with E-state index in [0.717, 1.165) is 36.2 Å². The van der Waals surface area contributed by atoms with E-state index in [1.807, 2.05) is 11.7 Å². The summed E-state index contributed by atoms with van der Waals surface area (Å²) in [6.45, 7) is 6.54. The van der Waals surface area contributed by atoms with E-state index in [0.29, 0.717) is 6.42 Å². The molecule has 0 radical (unpaired) electrons. The highest BCUT2D eigenvalue weighted by Gasteiger charge is 2.15. The van der Waals surface area contributed by atoms with Crippen LogP contribution in [0.4, 0.5) is 0 Å². The summed E-state index contributed by atoms with van der Waals surface area (Å²) in [5.74, 6) is 0.254. The van der Waals surface area contributed by atoms with E-state index < -0.39 is 0 Å². The minimum Gasteiger partial charge on any atom is -0.409 e. The number of halogens is 1. The molecule has 0 aromatic carbocycles. The number of aryl methyl sites for hydroxylation is 2. The minimum absolute atomic E-state index is 0.254. The minimum atomic E-state index is 0.254. The van der Waals surface area contributed by atoms with Gasteiger partial charge in [-0.15, -0.1) is 0 Å². The van der Waals surface area contributed by atoms with Crippen molar-refractivity contribution in [2.24, 2.45) is 10.9 Å². The molecule has 1 rings (SSSR count). The van der Waals surface area contributed by atoms with E-state index in [9.17, 15) is 0 Å². The van der Waals surface area contributed by atoms with Crippen molar-refractivity contribution in [3.05, 3.63) is 15.9 Å². The van der Waals surface area contributed by atoms with Crippen molar-refractivity contribution in [1.82, 2.24) is 14.7 Å². The van der Waals surface area contributed by atoms with Gasteiger partial charge >= 0.3 is 0 Å². The number of rotatable bonds is 7. The maximum atomic E-state index is 8.52. The van der Waals surface area contributed by atoms with Crippen LogP contribution in [0.2, 0.25) is 0 Å². The fraction of sp³-hybridized carbons (Fsp3) is 0.667. The van der Waals surface area contributed by atoms with Crippen LogP contribution in [0.3, 0.4) is 0 Å².